The third kappa shape index (κ3) is 2.75. The molecule has 90 valence electrons. The summed E-state index contributed by atoms with van der Waals surface area (Å²) in [6, 6.07) is 5.64. The first-order chi connectivity index (χ1) is 8.19. The van der Waals surface area contributed by atoms with E-state index >= 15 is 0 Å². The molecule has 2 aromatic heterocycles. The summed E-state index contributed by atoms with van der Waals surface area (Å²) in [6.45, 7) is 2.70. The molecule has 0 fully saturated rings. The summed E-state index contributed by atoms with van der Waals surface area (Å²) >= 11 is 0. The molecule has 0 radical (unpaired) electrons. The maximum atomic E-state index is 5.07. The van der Waals surface area contributed by atoms with Crippen molar-refractivity contribution >= 4 is 5.82 Å². The molecule has 2 aromatic rings. The minimum Gasteiger partial charge on any atom is -0.481 e. The van der Waals surface area contributed by atoms with Crippen molar-refractivity contribution in [1.82, 2.24) is 14.8 Å². The standard InChI is InChI=1S/C12H16N4O/c1-9-10(8-16(2)15-9)7-13-11-5-4-6-12(14-11)17-3/h4-6,8H,7H2,1-3H3,(H,13,14). The molecule has 0 bridgehead atoms. The van der Waals surface area contributed by atoms with Crippen molar-refractivity contribution in [2.24, 2.45) is 7.05 Å². The van der Waals surface area contributed by atoms with Crippen LogP contribution in [0, 0.1) is 6.92 Å². The van der Waals surface area contributed by atoms with Gasteiger partial charge >= 0.3 is 0 Å². The lowest BCUT2D eigenvalue weighted by molar-refractivity contribution is 0.398. The van der Waals surface area contributed by atoms with Gasteiger partial charge in [0.15, 0.2) is 0 Å². The molecule has 0 saturated heterocycles. The number of hydrogen-bond donors (Lipinski definition) is 1. The number of rotatable bonds is 4. The van der Waals surface area contributed by atoms with Crippen molar-refractivity contribution in [2.75, 3.05) is 12.4 Å². The summed E-state index contributed by atoms with van der Waals surface area (Å²) in [5, 5.41) is 7.53. The molecular weight excluding hydrogens is 216 g/mol. The second-order valence-electron chi connectivity index (χ2n) is 3.83. The average molecular weight is 232 g/mol. The van der Waals surface area contributed by atoms with Crippen LogP contribution in [-0.2, 0) is 13.6 Å². The fourth-order valence-electron chi connectivity index (χ4n) is 1.63. The van der Waals surface area contributed by atoms with Gasteiger partial charge in [0.1, 0.15) is 5.82 Å². The zero-order chi connectivity index (χ0) is 12.3. The van der Waals surface area contributed by atoms with Gasteiger partial charge in [-0.05, 0) is 13.0 Å². The normalized spacial score (nSPS) is 10.3. The van der Waals surface area contributed by atoms with Crippen LogP contribution in [0.5, 0.6) is 5.88 Å². The Balaban J connectivity index is 2.04. The lowest BCUT2D eigenvalue weighted by Crippen LogP contribution is -2.02. The first kappa shape index (κ1) is 11.4. The van der Waals surface area contributed by atoms with Gasteiger partial charge in [-0.25, -0.2) is 0 Å². The predicted molar refractivity (Wildman–Crippen MR) is 66.1 cm³/mol. The van der Waals surface area contributed by atoms with Gasteiger partial charge in [-0.3, -0.25) is 4.68 Å². The second kappa shape index (κ2) is 4.86. The molecule has 1 N–H and O–H groups in total. The minimum absolute atomic E-state index is 0.609. The van der Waals surface area contributed by atoms with Crippen LogP contribution in [-0.4, -0.2) is 21.9 Å². The monoisotopic (exact) mass is 232 g/mol. The molecule has 0 amide bonds. The molecule has 5 heteroatoms. The zero-order valence-corrected chi connectivity index (χ0v) is 10.3. The molecule has 0 spiro atoms. The Labute approximate surface area is 100 Å². The highest BCUT2D eigenvalue weighted by molar-refractivity contribution is 5.38. The summed E-state index contributed by atoms with van der Waals surface area (Å²) in [5.41, 5.74) is 2.19. The summed E-state index contributed by atoms with van der Waals surface area (Å²) < 4.78 is 6.88. The van der Waals surface area contributed by atoms with Crippen LogP contribution in [0.25, 0.3) is 0 Å². The molecular formula is C12H16N4O. The summed E-state index contributed by atoms with van der Waals surface area (Å²) in [5.74, 6) is 1.41. The lowest BCUT2D eigenvalue weighted by Gasteiger charge is -2.05. The van der Waals surface area contributed by atoms with Gasteiger partial charge in [0.25, 0.3) is 0 Å². The topological polar surface area (TPSA) is 52.0 Å². The first-order valence-corrected chi connectivity index (χ1v) is 5.43. The average Bonchev–Trinajstić information content (AvgIpc) is 2.65. The van der Waals surface area contributed by atoms with Gasteiger partial charge < -0.3 is 10.1 Å². The Hall–Kier alpha value is -2.04. The van der Waals surface area contributed by atoms with E-state index in [4.69, 9.17) is 4.74 Å². The van der Waals surface area contributed by atoms with E-state index in [1.807, 2.05) is 43.0 Å². The molecule has 0 unspecified atom stereocenters. The number of aryl methyl sites for hydroxylation is 2. The van der Waals surface area contributed by atoms with E-state index in [0.717, 1.165) is 17.1 Å². The van der Waals surface area contributed by atoms with E-state index in [2.05, 4.69) is 15.4 Å². The Bertz CT molecular complexity index is 507. The number of nitrogens with zero attached hydrogens (tertiary/aromatic N) is 3. The Morgan fingerprint density at radius 1 is 1.41 bits per heavy atom. The number of pyridine rings is 1. The maximum absolute atomic E-state index is 5.07. The first-order valence-electron chi connectivity index (χ1n) is 5.43. The van der Waals surface area contributed by atoms with Gasteiger partial charge in [-0.15, -0.1) is 0 Å². The number of aromatic nitrogens is 3. The molecule has 2 rings (SSSR count). The molecule has 5 nitrogen and oxygen atoms in total. The highest BCUT2D eigenvalue weighted by atomic mass is 16.5. The van der Waals surface area contributed by atoms with Gasteiger partial charge in [-0.2, -0.15) is 10.1 Å². The van der Waals surface area contributed by atoms with E-state index in [0.29, 0.717) is 12.4 Å². The van der Waals surface area contributed by atoms with Gasteiger partial charge in [0.2, 0.25) is 5.88 Å². The molecule has 0 aromatic carbocycles. The van der Waals surface area contributed by atoms with Crippen LogP contribution in [0.1, 0.15) is 11.3 Å². The highest BCUT2D eigenvalue weighted by Gasteiger charge is 2.03. The smallest absolute Gasteiger partial charge is 0.214 e. The number of nitrogens with one attached hydrogen (secondary N) is 1. The third-order valence-corrected chi connectivity index (χ3v) is 2.51. The predicted octanol–water partition coefficient (Wildman–Crippen LogP) is 1.74. The Morgan fingerprint density at radius 2 is 2.24 bits per heavy atom. The van der Waals surface area contributed by atoms with E-state index in [9.17, 15) is 0 Å². The van der Waals surface area contributed by atoms with E-state index in [1.165, 1.54) is 0 Å². The van der Waals surface area contributed by atoms with Gasteiger partial charge in [-0.1, -0.05) is 6.07 Å². The largest absolute Gasteiger partial charge is 0.481 e. The van der Waals surface area contributed by atoms with Gasteiger partial charge in [0, 0.05) is 31.4 Å². The minimum atomic E-state index is 0.609. The van der Waals surface area contributed by atoms with E-state index in [-0.39, 0.29) is 0 Å². The summed E-state index contributed by atoms with van der Waals surface area (Å²) in [4.78, 5) is 4.28. The lowest BCUT2D eigenvalue weighted by atomic mass is 10.2. The number of methoxy groups -OCH3 is 1. The quantitative estimate of drug-likeness (QED) is 0.872. The third-order valence-electron chi connectivity index (χ3n) is 2.51. The molecule has 0 saturated carbocycles. The van der Waals surface area contributed by atoms with Crippen molar-refractivity contribution in [1.29, 1.82) is 0 Å². The molecule has 2 heterocycles. The maximum Gasteiger partial charge on any atom is 0.214 e. The molecule has 0 aliphatic heterocycles. The van der Waals surface area contributed by atoms with Crippen molar-refractivity contribution in [3.05, 3.63) is 35.7 Å². The van der Waals surface area contributed by atoms with Crippen LogP contribution < -0.4 is 10.1 Å². The number of ether oxygens (including phenoxy) is 1. The van der Waals surface area contributed by atoms with Gasteiger partial charge in [0.05, 0.1) is 12.8 Å². The fraction of sp³-hybridized carbons (Fsp3) is 0.333. The van der Waals surface area contributed by atoms with Crippen LogP contribution >= 0.6 is 0 Å². The highest BCUT2D eigenvalue weighted by Crippen LogP contribution is 2.12. The SMILES string of the molecule is COc1cccc(NCc2cn(C)nc2C)n1. The van der Waals surface area contributed by atoms with Crippen molar-refractivity contribution in [2.45, 2.75) is 13.5 Å². The van der Waals surface area contributed by atoms with E-state index < -0.39 is 0 Å². The van der Waals surface area contributed by atoms with Crippen molar-refractivity contribution < 1.29 is 4.74 Å². The number of anilines is 1. The molecule has 0 aliphatic carbocycles. The van der Waals surface area contributed by atoms with Crippen LogP contribution in [0.2, 0.25) is 0 Å². The second-order valence-corrected chi connectivity index (χ2v) is 3.83. The van der Waals surface area contributed by atoms with Crippen LogP contribution in [0.3, 0.4) is 0 Å². The molecule has 17 heavy (non-hydrogen) atoms. The fourth-order valence-corrected chi connectivity index (χ4v) is 1.63. The Morgan fingerprint density at radius 3 is 2.88 bits per heavy atom. The zero-order valence-electron chi connectivity index (χ0n) is 10.3. The molecule has 0 aliphatic rings. The van der Waals surface area contributed by atoms with Crippen molar-refractivity contribution in [3.63, 3.8) is 0 Å². The summed E-state index contributed by atoms with van der Waals surface area (Å²) in [6.07, 6.45) is 2.00. The Kier molecular flexibility index (Phi) is 3.27. The van der Waals surface area contributed by atoms with Crippen LogP contribution in [0.4, 0.5) is 5.82 Å². The summed E-state index contributed by atoms with van der Waals surface area (Å²) in [7, 11) is 3.53. The number of hydrogen-bond acceptors (Lipinski definition) is 4. The van der Waals surface area contributed by atoms with E-state index in [1.54, 1.807) is 7.11 Å². The molecule has 0 atom stereocenters. The van der Waals surface area contributed by atoms with Crippen LogP contribution in [0.15, 0.2) is 24.4 Å². The van der Waals surface area contributed by atoms with Crippen molar-refractivity contribution in [3.8, 4) is 5.88 Å².